The number of benzene rings is 2. The van der Waals surface area contributed by atoms with Crippen LogP contribution in [-0.2, 0) is 14.3 Å². The first-order valence-corrected chi connectivity index (χ1v) is 8.65. The van der Waals surface area contributed by atoms with Crippen molar-refractivity contribution in [1.82, 2.24) is 5.32 Å². The van der Waals surface area contributed by atoms with Crippen molar-refractivity contribution in [3.05, 3.63) is 60.2 Å². The molecule has 6 nitrogen and oxygen atoms in total. The van der Waals surface area contributed by atoms with E-state index in [4.69, 9.17) is 14.2 Å². The highest BCUT2D eigenvalue weighted by molar-refractivity contribution is 5.86. The van der Waals surface area contributed by atoms with Crippen LogP contribution < -0.4 is 14.8 Å². The summed E-state index contributed by atoms with van der Waals surface area (Å²) >= 11 is 0. The Hall–Kier alpha value is -3.02. The van der Waals surface area contributed by atoms with Crippen LogP contribution in [0.5, 0.6) is 11.5 Å². The molecule has 0 bridgehead atoms. The summed E-state index contributed by atoms with van der Waals surface area (Å²) in [6.45, 7) is 0.0433. The van der Waals surface area contributed by atoms with Gasteiger partial charge < -0.3 is 19.5 Å². The smallest absolute Gasteiger partial charge is 0.352 e. The molecule has 2 aromatic rings. The van der Waals surface area contributed by atoms with Crippen LogP contribution in [0.2, 0.25) is 0 Å². The monoisotopic (exact) mass is 353 g/mol. The van der Waals surface area contributed by atoms with Crippen LogP contribution in [0.4, 0.5) is 0 Å². The quantitative estimate of drug-likeness (QED) is 0.836. The maximum absolute atomic E-state index is 12.6. The molecule has 2 atom stereocenters. The summed E-state index contributed by atoms with van der Waals surface area (Å²) in [7, 11) is 0. The molecule has 0 aromatic heterocycles. The number of hydrogen-bond donors (Lipinski definition) is 1. The zero-order valence-electron chi connectivity index (χ0n) is 14.1. The third kappa shape index (κ3) is 3.64. The number of carbonyl (C=O) groups is 2. The van der Waals surface area contributed by atoms with E-state index in [2.05, 4.69) is 5.32 Å². The number of carbonyl (C=O) groups excluding carboxylic acids is 2. The van der Waals surface area contributed by atoms with E-state index in [9.17, 15) is 9.59 Å². The van der Waals surface area contributed by atoms with Gasteiger partial charge in [-0.05, 0) is 25.0 Å². The molecule has 0 spiro atoms. The van der Waals surface area contributed by atoms with Gasteiger partial charge in [0.05, 0.1) is 0 Å². The van der Waals surface area contributed by atoms with Gasteiger partial charge in [-0.1, -0.05) is 42.5 Å². The molecule has 1 N–H and O–H groups in total. The van der Waals surface area contributed by atoms with Gasteiger partial charge in [0.15, 0.2) is 11.5 Å². The van der Waals surface area contributed by atoms with Gasteiger partial charge in [0.25, 0.3) is 5.91 Å². The predicted molar refractivity (Wildman–Crippen MR) is 92.8 cm³/mol. The van der Waals surface area contributed by atoms with E-state index in [1.807, 2.05) is 12.1 Å². The summed E-state index contributed by atoms with van der Waals surface area (Å²) in [5, 5.41) is 2.89. The van der Waals surface area contributed by atoms with Crippen LogP contribution in [0.3, 0.4) is 0 Å². The topological polar surface area (TPSA) is 73.9 Å². The van der Waals surface area contributed by atoms with Gasteiger partial charge in [-0.2, -0.15) is 0 Å². The normalized spacial score (nSPS) is 19.3. The second kappa shape index (κ2) is 7.07. The Labute approximate surface area is 151 Å². The molecule has 1 aliphatic carbocycles. The molecular formula is C20H19NO5. The number of amides is 1. The van der Waals surface area contributed by atoms with Gasteiger partial charge in [0.1, 0.15) is 6.61 Å². The van der Waals surface area contributed by atoms with Crippen molar-refractivity contribution in [2.24, 2.45) is 0 Å². The number of rotatable bonds is 5. The number of nitrogens with one attached hydrogen (secondary N) is 1. The zero-order valence-corrected chi connectivity index (χ0v) is 14.1. The Morgan fingerprint density at radius 1 is 1.00 bits per heavy atom. The third-order valence-electron chi connectivity index (χ3n) is 4.27. The lowest BCUT2D eigenvalue weighted by Crippen LogP contribution is -2.41. The van der Waals surface area contributed by atoms with Crippen molar-refractivity contribution in [3.8, 4) is 11.5 Å². The maximum atomic E-state index is 12.6. The summed E-state index contributed by atoms with van der Waals surface area (Å²) in [6.07, 6.45) is -0.00956. The van der Waals surface area contributed by atoms with E-state index in [1.54, 1.807) is 42.5 Å². The van der Waals surface area contributed by atoms with E-state index in [1.165, 1.54) is 0 Å². The predicted octanol–water partition coefficient (Wildman–Crippen LogP) is 2.39. The van der Waals surface area contributed by atoms with Gasteiger partial charge in [-0.15, -0.1) is 0 Å². The molecule has 0 saturated heterocycles. The molecule has 26 heavy (non-hydrogen) atoms. The number of para-hydroxylation sites is 2. The average molecular weight is 353 g/mol. The molecular weight excluding hydrogens is 334 g/mol. The first kappa shape index (κ1) is 16.4. The lowest BCUT2D eigenvalue weighted by atomic mass is 10.1. The van der Waals surface area contributed by atoms with E-state index in [-0.39, 0.29) is 18.6 Å². The number of hydrogen-bond acceptors (Lipinski definition) is 5. The average Bonchev–Trinajstić information content (AvgIpc) is 3.50. The molecule has 0 unspecified atom stereocenters. The molecule has 1 heterocycles. The van der Waals surface area contributed by atoms with Crippen molar-refractivity contribution in [2.45, 2.75) is 31.1 Å². The lowest BCUT2D eigenvalue weighted by Gasteiger charge is -2.26. The van der Waals surface area contributed by atoms with Gasteiger partial charge in [0.2, 0.25) is 12.2 Å². The molecule has 2 aromatic carbocycles. The maximum Gasteiger partial charge on any atom is 0.352 e. The molecule has 1 amide bonds. The van der Waals surface area contributed by atoms with Gasteiger partial charge in [-0.25, -0.2) is 4.79 Å². The summed E-state index contributed by atoms with van der Waals surface area (Å²) in [5.74, 6) is 0.130. The number of ether oxygens (including phenoxy) is 3. The minimum atomic E-state index is -1.01. The second-order valence-corrected chi connectivity index (χ2v) is 6.37. The van der Waals surface area contributed by atoms with E-state index in [0.717, 1.165) is 12.8 Å². The highest BCUT2D eigenvalue weighted by Crippen LogP contribution is 2.32. The Morgan fingerprint density at radius 3 is 2.42 bits per heavy atom. The van der Waals surface area contributed by atoms with Crippen molar-refractivity contribution in [1.29, 1.82) is 0 Å². The molecule has 2 aliphatic rings. The van der Waals surface area contributed by atoms with Crippen molar-refractivity contribution < 1.29 is 23.8 Å². The van der Waals surface area contributed by atoms with E-state index >= 15 is 0 Å². The van der Waals surface area contributed by atoms with Crippen LogP contribution in [0, 0.1) is 0 Å². The SMILES string of the molecule is O=C(NC1CC1)[C@@H](OC(=O)[C@H]1COc2ccccc2O1)c1ccccc1. The largest absolute Gasteiger partial charge is 0.485 e. The molecule has 0 radical (unpaired) electrons. The fraction of sp³-hybridized carbons (Fsp3) is 0.300. The Balaban J connectivity index is 1.48. The van der Waals surface area contributed by atoms with Gasteiger partial charge >= 0.3 is 5.97 Å². The number of fused-ring (bicyclic) bond motifs is 1. The van der Waals surface area contributed by atoms with Crippen molar-refractivity contribution in [3.63, 3.8) is 0 Å². The standard InChI is InChI=1S/C20H19NO5/c22-19(21-14-10-11-14)18(13-6-2-1-3-7-13)26-20(23)17-12-24-15-8-4-5-9-16(15)25-17/h1-9,14,17-18H,10-12H2,(H,21,22)/t17-,18+/m1/s1. The summed E-state index contributed by atoms with van der Waals surface area (Å²) in [5.41, 5.74) is 0.621. The Morgan fingerprint density at radius 2 is 1.69 bits per heavy atom. The molecule has 1 aliphatic heterocycles. The fourth-order valence-electron chi connectivity index (χ4n) is 2.73. The molecule has 1 saturated carbocycles. The van der Waals surface area contributed by atoms with Crippen LogP contribution in [-0.4, -0.2) is 30.6 Å². The Bertz CT molecular complexity index is 803. The van der Waals surface area contributed by atoms with Crippen LogP contribution >= 0.6 is 0 Å². The summed E-state index contributed by atoms with van der Waals surface area (Å²) in [4.78, 5) is 25.1. The van der Waals surface area contributed by atoms with Gasteiger partial charge in [0, 0.05) is 11.6 Å². The Kier molecular flexibility index (Phi) is 4.48. The van der Waals surface area contributed by atoms with Crippen molar-refractivity contribution in [2.75, 3.05) is 6.61 Å². The first-order chi connectivity index (χ1) is 12.7. The third-order valence-corrected chi connectivity index (χ3v) is 4.27. The molecule has 6 heteroatoms. The van der Waals surface area contributed by atoms with Crippen molar-refractivity contribution >= 4 is 11.9 Å². The van der Waals surface area contributed by atoms with Crippen LogP contribution in [0.1, 0.15) is 24.5 Å². The second-order valence-electron chi connectivity index (χ2n) is 6.37. The minimum Gasteiger partial charge on any atom is -0.485 e. The fourth-order valence-corrected chi connectivity index (χ4v) is 2.73. The van der Waals surface area contributed by atoms with Gasteiger partial charge in [-0.3, -0.25) is 4.79 Å². The van der Waals surface area contributed by atoms with Crippen LogP contribution in [0.15, 0.2) is 54.6 Å². The molecule has 134 valence electrons. The number of esters is 1. The lowest BCUT2D eigenvalue weighted by molar-refractivity contribution is -0.165. The highest BCUT2D eigenvalue weighted by atomic mass is 16.6. The minimum absolute atomic E-state index is 0.0433. The van der Waals surface area contributed by atoms with E-state index in [0.29, 0.717) is 17.1 Å². The highest BCUT2D eigenvalue weighted by Gasteiger charge is 2.35. The summed E-state index contributed by atoms with van der Waals surface area (Å²) in [6, 6.07) is 16.3. The van der Waals surface area contributed by atoms with Crippen LogP contribution in [0.25, 0.3) is 0 Å². The molecule has 4 rings (SSSR count). The first-order valence-electron chi connectivity index (χ1n) is 8.65. The summed E-state index contributed by atoms with van der Waals surface area (Å²) < 4.78 is 16.8. The van der Waals surface area contributed by atoms with E-state index < -0.39 is 18.2 Å². The molecule has 1 fully saturated rings. The zero-order chi connectivity index (χ0) is 17.9.